The molecule has 0 spiro atoms. The van der Waals surface area contributed by atoms with Crippen LogP contribution in [-0.2, 0) is 4.74 Å². The van der Waals surface area contributed by atoms with Gasteiger partial charge >= 0.3 is 0 Å². The van der Waals surface area contributed by atoms with Gasteiger partial charge in [-0.1, -0.05) is 18.6 Å². The summed E-state index contributed by atoms with van der Waals surface area (Å²) in [4.78, 5) is 6.87. The third-order valence-corrected chi connectivity index (χ3v) is 4.62. The van der Waals surface area contributed by atoms with Crippen LogP contribution in [-0.4, -0.2) is 64.9 Å². The fourth-order valence-corrected chi connectivity index (χ4v) is 3.20. The molecule has 2 rings (SSSR count). The third kappa shape index (κ3) is 6.21. The van der Waals surface area contributed by atoms with E-state index in [2.05, 4.69) is 32.7 Å². The van der Waals surface area contributed by atoms with Gasteiger partial charge in [-0.05, 0) is 43.6 Å². The Hall–Kier alpha value is -1.79. The molecule has 0 bridgehead atoms. The zero-order valence-electron chi connectivity index (χ0n) is 15.8. The number of hydrogen-bond donors (Lipinski definition) is 2. The summed E-state index contributed by atoms with van der Waals surface area (Å²) >= 11 is 0. The number of guanidine groups is 1. The second-order valence-electron chi connectivity index (χ2n) is 6.26. The van der Waals surface area contributed by atoms with Gasteiger partial charge in [0.05, 0.1) is 19.8 Å². The molecule has 0 aromatic heterocycles. The first kappa shape index (κ1) is 19.5. The number of methoxy groups -OCH3 is 2. The van der Waals surface area contributed by atoms with E-state index in [9.17, 15) is 0 Å². The summed E-state index contributed by atoms with van der Waals surface area (Å²) in [5, 5.41) is 6.74. The molecule has 1 aliphatic heterocycles. The molecule has 1 aliphatic rings. The number of nitrogens with zero attached hydrogens (tertiary/aromatic N) is 2. The summed E-state index contributed by atoms with van der Waals surface area (Å²) < 4.78 is 10.4. The number of ether oxygens (including phenoxy) is 2. The first-order valence-corrected chi connectivity index (χ1v) is 9.10. The van der Waals surface area contributed by atoms with Crippen LogP contribution in [0.5, 0.6) is 5.75 Å². The Bertz CT molecular complexity index is 513. The van der Waals surface area contributed by atoms with Gasteiger partial charge in [0, 0.05) is 27.2 Å². The molecule has 6 heteroatoms. The predicted octanol–water partition coefficient (Wildman–Crippen LogP) is 2.03. The predicted molar refractivity (Wildman–Crippen MR) is 102 cm³/mol. The molecule has 0 saturated carbocycles. The highest BCUT2D eigenvalue weighted by molar-refractivity contribution is 5.79. The molecule has 1 unspecified atom stereocenters. The molecular formula is C19H32N4O2. The molecule has 1 fully saturated rings. The Morgan fingerprint density at radius 3 is 2.44 bits per heavy atom. The summed E-state index contributed by atoms with van der Waals surface area (Å²) in [6, 6.07) is 8.74. The van der Waals surface area contributed by atoms with Gasteiger partial charge in [-0.15, -0.1) is 0 Å². The molecule has 1 saturated heterocycles. The molecule has 6 nitrogen and oxygen atoms in total. The highest BCUT2D eigenvalue weighted by Crippen LogP contribution is 2.25. The van der Waals surface area contributed by atoms with Crippen molar-refractivity contribution in [3.8, 4) is 5.75 Å². The second-order valence-corrected chi connectivity index (χ2v) is 6.26. The van der Waals surface area contributed by atoms with Gasteiger partial charge < -0.3 is 20.1 Å². The summed E-state index contributed by atoms with van der Waals surface area (Å²) in [5.41, 5.74) is 1.31. The van der Waals surface area contributed by atoms with E-state index in [1.165, 1.54) is 24.8 Å². The normalized spacial score (nSPS) is 17.2. The Morgan fingerprint density at radius 1 is 1.12 bits per heavy atom. The lowest BCUT2D eigenvalue weighted by molar-refractivity contribution is 0.164. The molecule has 25 heavy (non-hydrogen) atoms. The number of piperidine rings is 1. The maximum atomic E-state index is 5.29. The third-order valence-electron chi connectivity index (χ3n) is 4.62. The summed E-state index contributed by atoms with van der Waals surface area (Å²) in [7, 11) is 5.20. The van der Waals surface area contributed by atoms with Crippen LogP contribution in [0.15, 0.2) is 29.3 Å². The van der Waals surface area contributed by atoms with Crippen LogP contribution in [0.4, 0.5) is 0 Å². The van der Waals surface area contributed by atoms with Crippen molar-refractivity contribution in [3.05, 3.63) is 29.8 Å². The van der Waals surface area contributed by atoms with Gasteiger partial charge in [0.15, 0.2) is 5.96 Å². The van der Waals surface area contributed by atoms with Gasteiger partial charge in [-0.2, -0.15) is 0 Å². The number of benzene rings is 1. The lowest BCUT2D eigenvalue weighted by Gasteiger charge is -2.35. The second kappa shape index (κ2) is 10.9. The van der Waals surface area contributed by atoms with E-state index >= 15 is 0 Å². The molecule has 1 heterocycles. The molecule has 1 aromatic carbocycles. The lowest BCUT2D eigenvalue weighted by atomic mass is 10.0. The van der Waals surface area contributed by atoms with Gasteiger partial charge in [-0.3, -0.25) is 9.89 Å². The molecule has 2 N–H and O–H groups in total. The fraction of sp³-hybridized carbons (Fsp3) is 0.632. The molecule has 0 radical (unpaired) electrons. The zero-order valence-corrected chi connectivity index (χ0v) is 15.8. The molecule has 0 amide bonds. The molecule has 1 aromatic rings. The number of rotatable bonds is 8. The Labute approximate surface area is 151 Å². The smallest absolute Gasteiger partial charge is 0.191 e. The van der Waals surface area contributed by atoms with Gasteiger partial charge in [0.1, 0.15) is 5.75 Å². The average molecular weight is 348 g/mol. The summed E-state index contributed by atoms with van der Waals surface area (Å²) in [5.74, 6) is 1.71. The van der Waals surface area contributed by atoms with Crippen molar-refractivity contribution < 1.29 is 9.47 Å². The minimum atomic E-state index is 0.326. The van der Waals surface area contributed by atoms with Crippen LogP contribution in [0.1, 0.15) is 30.9 Å². The number of aliphatic imine (C=N–C) groups is 1. The van der Waals surface area contributed by atoms with Crippen molar-refractivity contribution in [1.82, 2.24) is 15.5 Å². The van der Waals surface area contributed by atoms with E-state index in [4.69, 9.17) is 9.47 Å². The lowest BCUT2D eigenvalue weighted by Crippen LogP contribution is -2.45. The van der Waals surface area contributed by atoms with E-state index in [1.54, 1.807) is 21.3 Å². The minimum absolute atomic E-state index is 0.326. The van der Waals surface area contributed by atoms with Crippen LogP contribution in [0.25, 0.3) is 0 Å². The monoisotopic (exact) mass is 348 g/mol. The van der Waals surface area contributed by atoms with Gasteiger partial charge in [-0.25, -0.2) is 0 Å². The summed E-state index contributed by atoms with van der Waals surface area (Å²) in [6.45, 7) is 4.52. The maximum absolute atomic E-state index is 5.29. The van der Waals surface area contributed by atoms with E-state index in [1.807, 2.05) is 12.1 Å². The largest absolute Gasteiger partial charge is 0.497 e. The van der Waals surface area contributed by atoms with E-state index in [-0.39, 0.29) is 0 Å². The number of likely N-dealkylation sites (tertiary alicyclic amines) is 1. The topological polar surface area (TPSA) is 58.1 Å². The minimum Gasteiger partial charge on any atom is -0.497 e. The van der Waals surface area contributed by atoms with Crippen molar-refractivity contribution in [2.75, 3.05) is 54.1 Å². The van der Waals surface area contributed by atoms with Crippen molar-refractivity contribution in [3.63, 3.8) is 0 Å². The van der Waals surface area contributed by atoms with E-state index < -0.39 is 0 Å². The van der Waals surface area contributed by atoms with E-state index in [0.29, 0.717) is 12.6 Å². The summed E-state index contributed by atoms with van der Waals surface area (Å²) in [6.07, 6.45) is 3.88. The SMILES string of the molecule is CN=C(NCCOC)NCC(c1ccc(OC)cc1)N1CCCCC1. The van der Waals surface area contributed by atoms with Gasteiger partial charge in [0.25, 0.3) is 0 Å². The fourth-order valence-electron chi connectivity index (χ4n) is 3.20. The average Bonchev–Trinajstić information content (AvgIpc) is 2.68. The Morgan fingerprint density at radius 2 is 1.84 bits per heavy atom. The quantitative estimate of drug-likeness (QED) is 0.428. The van der Waals surface area contributed by atoms with Crippen LogP contribution in [0.3, 0.4) is 0 Å². The Balaban J connectivity index is 2.02. The standard InChI is InChI=1S/C19H32N4O2/c1-20-19(21-11-14-24-2)22-15-18(23-12-5-4-6-13-23)16-7-9-17(25-3)10-8-16/h7-10,18H,4-6,11-15H2,1-3H3,(H2,20,21,22). The van der Waals surface area contributed by atoms with Crippen molar-refractivity contribution in [1.29, 1.82) is 0 Å². The van der Waals surface area contributed by atoms with Crippen LogP contribution in [0, 0.1) is 0 Å². The Kier molecular flexibility index (Phi) is 8.55. The van der Waals surface area contributed by atoms with Crippen molar-refractivity contribution >= 4 is 5.96 Å². The van der Waals surface area contributed by atoms with Crippen LogP contribution < -0.4 is 15.4 Å². The maximum Gasteiger partial charge on any atom is 0.191 e. The first-order valence-electron chi connectivity index (χ1n) is 9.10. The first-order chi connectivity index (χ1) is 12.3. The van der Waals surface area contributed by atoms with E-state index in [0.717, 1.165) is 37.9 Å². The molecular weight excluding hydrogens is 316 g/mol. The number of nitrogens with one attached hydrogen (secondary N) is 2. The van der Waals surface area contributed by atoms with Crippen LogP contribution >= 0.6 is 0 Å². The molecule has 0 aliphatic carbocycles. The highest BCUT2D eigenvalue weighted by Gasteiger charge is 2.22. The number of hydrogen-bond acceptors (Lipinski definition) is 4. The van der Waals surface area contributed by atoms with Crippen LogP contribution in [0.2, 0.25) is 0 Å². The van der Waals surface area contributed by atoms with Gasteiger partial charge in [0.2, 0.25) is 0 Å². The zero-order chi connectivity index (χ0) is 17.9. The molecule has 140 valence electrons. The molecule has 1 atom stereocenters. The van der Waals surface area contributed by atoms with Crippen molar-refractivity contribution in [2.45, 2.75) is 25.3 Å². The van der Waals surface area contributed by atoms with Crippen molar-refractivity contribution in [2.24, 2.45) is 4.99 Å². The highest BCUT2D eigenvalue weighted by atomic mass is 16.5.